The van der Waals surface area contributed by atoms with Gasteiger partial charge in [0.2, 0.25) is 6.61 Å². The molecule has 0 saturated heterocycles. The first-order valence-electron chi connectivity index (χ1n) is 9.22. The van der Waals surface area contributed by atoms with Gasteiger partial charge >= 0.3 is 5.97 Å². The van der Waals surface area contributed by atoms with Gasteiger partial charge in [-0.1, -0.05) is 18.1 Å². The molecule has 3 aliphatic carbocycles. The second-order valence-corrected chi connectivity index (χ2v) is 8.00. The summed E-state index contributed by atoms with van der Waals surface area (Å²) in [5.41, 5.74) is 3.81. The highest BCUT2D eigenvalue weighted by molar-refractivity contribution is 5.92. The quantitative estimate of drug-likeness (QED) is 0.820. The fraction of sp³-hybridized carbons (Fsp3) is 0.600. The van der Waals surface area contributed by atoms with Gasteiger partial charge in [-0.2, -0.15) is 0 Å². The van der Waals surface area contributed by atoms with Crippen molar-refractivity contribution >= 4 is 11.7 Å². The van der Waals surface area contributed by atoms with Crippen molar-refractivity contribution in [1.29, 1.82) is 0 Å². The molecule has 0 spiro atoms. The topological polar surface area (TPSA) is 79.1 Å². The molecule has 134 valence electrons. The Morgan fingerprint density at radius 3 is 2.96 bits per heavy atom. The van der Waals surface area contributed by atoms with Crippen LogP contribution in [0.1, 0.15) is 56.1 Å². The predicted octanol–water partition coefficient (Wildman–Crippen LogP) is 3.71. The number of oxime groups is 1. The first-order valence-corrected chi connectivity index (χ1v) is 9.22. The molecule has 1 aromatic rings. The Balaban J connectivity index is 1.58. The molecule has 25 heavy (non-hydrogen) atoms. The lowest BCUT2D eigenvalue weighted by atomic mass is 9.55. The molecule has 0 heterocycles. The fourth-order valence-corrected chi connectivity index (χ4v) is 5.67. The van der Waals surface area contributed by atoms with Crippen LogP contribution < -0.4 is 0 Å². The lowest BCUT2D eigenvalue weighted by Gasteiger charge is -2.49. The van der Waals surface area contributed by atoms with E-state index in [1.54, 1.807) is 0 Å². The van der Waals surface area contributed by atoms with Crippen molar-refractivity contribution in [2.45, 2.75) is 51.4 Å². The molecule has 5 nitrogen and oxygen atoms in total. The maximum Gasteiger partial charge on any atom is 0.344 e. The van der Waals surface area contributed by atoms with E-state index in [1.807, 2.05) is 12.1 Å². The molecule has 2 saturated carbocycles. The number of nitrogens with zero attached hydrogens (tertiary/aromatic N) is 1. The molecule has 0 unspecified atom stereocenters. The van der Waals surface area contributed by atoms with E-state index in [1.165, 1.54) is 11.1 Å². The van der Waals surface area contributed by atoms with Crippen LogP contribution in [-0.2, 0) is 16.1 Å². The van der Waals surface area contributed by atoms with Crippen molar-refractivity contribution in [3.8, 4) is 5.75 Å². The largest absolute Gasteiger partial charge is 0.508 e. The van der Waals surface area contributed by atoms with Crippen LogP contribution in [0.5, 0.6) is 5.75 Å². The number of carboxylic acid groups (broad SMARTS) is 1. The normalized spacial score (nSPS) is 34.9. The highest BCUT2D eigenvalue weighted by Crippen LogP contribution is 2.59. The zero-order valence-electron chi connectivity index (χ0n) is 14.6. The summed E-state index contributed by atoms with van der Waals surface area (Å²) >= 11 is 0. The first kappa shape index (κ1) is 16.4. The second kappa shape index (κ2) is 6.04. The van der Waals surface area contributed by atoms with E-state index in [0.29, 0.717) is 23.5 Å². The molecule has 4 atom stereocenters. The summed E-state index contributed by atoms with van der Waals surface area (Å²) in [7, 11) is 0. The van der Waals surface area contributed by atoms with Gasteiger partial charge in [-0.3, -0.25) is 0 Å². The zero-order chi connectivity index (χ0) is 17.6. The number of hydrogen-bond acceptors (Lipinski definition) is 4. The summed E-state index contributed by atoms with van der Waals surface area (Å²) in [5, 5.41) is 22.7. The van der Waals surface area contributed by atoms with Gasteiger partial charge in [0.25, 0.3) is 0 Å². The summed E-state index contributed by atoms with van der Waals surface area (Å²) in [6, 6.07) is 5.86. The molecule has 0 aliphatic heterocycles. The molecule has 2 fully saturated rings. The molecule has 3 aliphatic rings. The molecule has 4 rings (SSSR count). The molecule has 0 aromatic heterocycles. The van der Waals surface area contributed by atoms with E-state index in [9.17, 15) is 9.90 Å². The Labute approximate surface area is 147 Å². The van der Waals surface area contributed by atoms with Gasteiger partial charge < -0.3 is 15.1 Å². The highest BCUT2D eigenvalue weighted by atomic mass is 16.6. The Bertz CT molecular complexity index is 728. The number of aliphatic carboxylic acids is 1. The van der Waals surface area contributed by atoms with Gasteiger partial charge in [0.05, 0.1) is 5.71 Å². The Morgan fingerprint density at radius 1 is 1.32 bits per heavy atom. The van der Waals surface area contributed by atoms with Crippen molar-refractivity contribution in [2.75, 3.05) is 6.61 Å². The fourth-order valence-electron chi connectivity index (χ4n) is 5.67. The van der Waals surface area contributed by atoms with Gasteiger partial charge in [0.15, 0.2) is 0 Å². The van der Waals surface area contributed by atoms with Gasteiger partial charge in [-0.15, -0.1) is 0 Å². The molecule has 0 amide bonds. The third-order valence-electron chi connectivity index (χ3n) is 6.81. The number of carboxylic acids is 1. The third kappa shape index (κ3) is 2.70. The molecular formula is C20H25NO4. The van der Waals surface area contributed by atoms with E-state index in [0.717, 1.165) is 44.2 Å². The van der Waals surface area contributed by atoms with Crippen LogP contribution in [0, 0.1) is 17.3 Å². The number of carbonyl (C=O) groups is 1. The van der Waals surface area contributed by atoms with Gasteiger partial charge in [0, 0.05) is 5.41 Å². The Morgan fingerprint density at radius 2 is 2.16 bits per heavy atom. The van der Waals surface area contributed by atoms with E-state index < -0.39 is 5.97 Å². The van der Waals surface area contributed by atoms with Gasteiger partial charge in [0.1, 0.15) is 5.75 Å². The lowest BCUT2D eigenvalue weighted by Crippen LogP contribution is -2.42. The highest BCUT2D eigenvalue weighted by Gasteiger charge is 2.53. The Kier molecular flexibility index (Phi) is 3.97. The van der Waals surface area contributed by atoms with Crippen LogP contribution in [0.3, 0.4) is 0 Å². The summed E-state index contributed by atoms with van der Waals surface area (Å²) in [6.07, 6.45) is 6.39. The van der Waals surface area contributed by atoms with E-state index in [4.69, 9.17) is 9.94 Å². The van der Waals surface area contributed by atoms with Crippen molar-refractivity contribution < 1.29 is 19.8 Å². The van der Waals surface area contributed by atoms with Gasteiger partial charge in [-0.25, -0.2) is 4.79 Å². The first-order chi connectivity index (χ1) is 12.0. The molecule has 0 bridgehead atoms. The van der Waals surface area contributed by atoms with E-state index in [2.05, 4.69) is 18.1 Å². The molecule has 2 N–H and O–H groups in total. The molecule has 1 aromatic carbocycles. The maximum absolute atomic E-state index is 10.7. The number of aromatic hydroxyl groups is 1. The third-order valence-corrected chi connectivity index (χ3v) is 6.81. The van der Waals surface area contributed by atoms with Crippen LogP contribution in [0.25, 0.3) is 0 Å². The van der Waals surface area contributed by atoms with Crippen molar-refractivity contribution in [3.63, 3.8) is 0 Å². The Hall–Kier alpha value is -2.04. The maximum atomic E-state index is 10.7. The number of hydrogen-bond donors (Lipinski definition) is 2. The minimum Gasteiger partial charge on any atom is -0.508 e. The number of aryl methyl sites for hydroxylation is 1. The minimum atomic E-state index is -0.986. The van der Waals surface area contributed by atoms with E-state index >= 15 is 0 Å². The average molecular weight is 343 g/mol. The van der Waals surface area contributed by atoms with Crippen LogP contribution >= 0.6 is 0 Å². The number of phenols is 1. The predicted molar refractivity (Wildman–Crippen MR) is 93.7 cm³/mol. The number of rotatable bonds is 3. The molecule has 0 radical (unpaired) electrons. The lowest BCUT2D eigenvalue weighted by molar-refractivity contribution is -0.142. The zero-order valence-corrected chi connectivity index (χ0v) is 14.6. The minimum absolute atomic E-state index is 0.0358. The molecule has 5 heteroatoms. The summed E-state index contributed by atoms with van der Waals surface area (Å²) in [5.74, 6) is 1.17. The monoisotopic (exact) mass is 343 g/mol. The number of benzene rings is 1. The van der Waals surface area contributed by atoms with E-state index in [-0.39, 0.29) is 12.0 Å². The average Bonchev–Trinajstić information content (AvgIpc) is 2.91. The smallest absolute Gasteiger partial charge is 0.344 e. The van der Waals surface area contributed by atoms with Crippen molar-refractivity contribution in [3.05, 3.63) is 29.3 Å². The van der Waals surface area contributed by atoms with Gasteiger partial charge in [-0.05, 0) is 79.5 Å². The summed E-state index contributed by atoms with van der Waals surface area (Å²) in [4.78, 5) is 15.7. The van der Waals surface area contributed by atoms with Crippen LogP contribution in [-0.4, -0.2) is 28.5 Å². The van der Waals surface area contributed by atoms with Crippen molar-refractivity contribution in [1.82, 2.24) is 0 Å². The van der Waals surface area contributed by atoms with Crippen molar-refractivity contribution in [2.24, 2.45) is 22.4 Å². The number of fused-ring (bicyclic) bond motifs is 5. The SMILES string of the molecule is C[C@]12CC[C@H]3c4ccc(O)cc4CC[C@@H]3[C@@H]1CC/C2=N\OCC(=O)O. The van der Waals surface area contributed by atoms with Crippen LogP contribution in [0.15, 0.2) is 23.4 Å². The molecular weight excluding hydrogens is 318 g/mol. The summed E-state index contributed by atoms with van der Waals surface area (Å²) in [6.45, 7) is 1.92. The summed E-state index contributed by atoms with van der Waals surface area (Å²) < 4.78 is 0. The number of phenolic OH excluding ortho intramolecular Hbond substituents is 1. The standard InChI is InChI=1S/C20H25NO4/c1-20-9-8-15-14-5-3-13(22)10-12(14)2-4-16(15)17(20)6-7-18(20)21-25-11-19(23)24/h3,5,10,15-17,22H,2,4,6-9,11H2,1H3,(H,23,24)/b21-18+/t15-,16-,17-,20-/m0/s1. The van der Waals surface area contributed by atoms with Crippen LogP contribution in [0.2, 0.25) is 0 Å². The van der Waals surface area contributed by atoms with Crippen LogP contribution in [0.4, 0.5) is 0 Å². The second-order valence-electron chi connectivity index (χ2n) is 8.00.